The first kappa shape index (κ1) is 24.8. The van der Waals surface area contributed by atoms with Gasteiger partial charge in [0.25, 0.3) is 0 Å². The zero-order valence-electron chi connectivity index (χ0n) is 20.9. The molecule has 0 aliphatic heterocycles. The number of aliphatic hydroxyl groups excluding tert-OH is 1. The van der Waals surface area contributed by atoms with Gasteiger partial charge in [-0.25, -0.2) is 0 Å². The van der Waals surface area contributed by atoms with E-state index in [2.05, 4.69) is 13.8 Å². The number of fused-ring (bicyclic) bond motifs is 5. The lowest BCUT2D eigenvalue weighted by atomic mass is 9.44. The first-order valence-electron chi connectivity index (χ1n) is 12.3. The molecule has 4 rings (SSSR count). The molecule has 0 aromatic heterocycles. The van der Waals surface area contributed by atoms with Crippen LogP contribution in [0.4, 0.5) is 0 Å². The van der Waals surface area contributed by atoms with Crippen LogP contribution in [0.15, 0.2) is 23.8 Å². The zero-order valence-corrected chi connectivity index (χ0v) is 20.9. The summed E-state index contributed by atoms with van der Waals surface area (Å²) in [5.41, 5.74) is -1.69. The number of carbonyl (C=O) groups is 4. The summed E-state index contributed by atoms with van der Waals surface area (Å²) < 4.78 is 11.0. The van der Waals surface area contributed by atoms with Crippen LogP contribution in [0.3, 0.4) is 0 Å². The van der Waals surface area contributed by atoms with Gasteiger partial charge in [-0.2, -0.15) is 0 Å². The Hall–Kier alpha value is -2.28. The minimum absolute atomic E-state index is 0.0170. The lowest BCUT2D eigenvalue weighted by molar-refractivity contribution is -0.205. The van der Waals surface area contributed by atoms with Crippen LogP contribution in [0, 0.1) is 40.4 Å². The normalized spacial score (nSPS) is 44.9. The Balaban J connectivity index is 1.80. The molecule has 4 aliphatic carbocycles. The van der Waals surface area contributed by atoms with E-state index in [1.807, 2.05) is 19.9 Å². The van der Waals surface area contributed by atoms with Crippen LogP contribution in [0.5, 0.6) is 0 Å². The van der Waals surface area contributed by atoms with Crippen LogP contribution in [0.25, 0.3) is 0 Å². The Kier molecular flexibility index (Phi) is 5.95. The quantitative estimate of drug-likeness (QED) is 0.626. The lowest BCUT2D eigenvalue weighted by Gasteiger charge is -2.61. The van der Waals surface area contributed by atoms with E-state index < -0.39 is 46.9 Å². The van der Waals surface area contributed by atoms with Crippen LogP contribution < -0.4 is 0 Å². The number of carbonyl (C=O) groups excluding carboxylic acids is 4. The third-order valence-corrected chi connectivity index (χ3v) is 9.48. The molecule has 0 bridgehead atoms. The third-order valence-electron chi connectivity index (χ3n) is 9.48. The smallest absolute Gasteiger partial charge is 0.303 e. The molecule has 7 heteroatoms. The van der Waals surface area contributed by atoms with Crippen molar-refractivity contribution in [2.24, 2.45) is 40.4 Å². The monoisotopic (exact) mass is 472 g/mol. The molecular weight excluding hydrogens is 436 g/mol. The second-order valence-corrected chi connectivity index (χ2v) is 11.4. The van der Waals surface area contributed by atoms with Gasteiger partial charge in [0.05, 0.1) is 6.10 Å². The number of ketones is 2. The number of allylic oxidation sites excluding steroid dienone is 4. The highest BCUT2D eigenvalue weighted by Crippen LogP contribution is 2.69. The Morgan fingerprint density at radius 1 is 1.12 bits per heavy atom. The SMILES string of the molecule is CC(=O)OCC(=O)[C@@]1(OC(C)=O)[C@@H](C)C[C@H]2[C@@H]3C[C@H](C)C4=CC(=O)C=C[C@]4(C)[C@H]3[C@@H](O)C[C@@]21C. The summed E-state index contributed by atoms with van der Waals surface area (Å²) in [6, 6.07) is 0. The maximum atomic E-state index is 13.6. The standard InChI is InChI=1S/C27H36O7/c1-14-9-19-21-10-15(2)27(34-17(4)29,23(32)13-33-16(3)28)26(21,6)12-22(31)24(19)25(5)8-7-18(30)11-20(14)25/h7-8,11,14-15,19,21-22,24,31H,9-10,12-13H2,1-6H3/t14-,15-,19-,21-,22-,24+,25-,26-,27-/m0/s1. The van der Waals surface area contributed by atoms with E-state index in [1.54, 1.807) is 12.2 Å². The molecule has 34 heavy (non-hydrogen) atoms. The molecule has 9 atom stereocenters. The second kappa shape index (κ2) is 8.14. The van der Waals surface area contributed by atoms with Crippen molar-refractivity contribution in [3.05, 3.63) is 23.8 Å². The molecule has 0 unspecified atom stereocenters. The van der Waals surface area contributed by atoms with Gasteiger partial charge in [-0.3, -0.25) is 19.2 Å². The van der Waals surface area contributed by atoms with Crippen molar-refractivity contribution in [3.8, 4) is 0 Å². The summed E-state index contributed by atoms with van der Waals surface area (Å²) in [7, 11) is 0. The molecular formula is C27H36O7. The van der Waals surface area contributed by atoms with Gasteiger partial charge in [-0.1, -0.05) is 39.3 Å². The highest BCUT2D eigenvalue weighted by Gasteiger charge is 2.73. The first-order chi connectivity index (χ1) is 15.8. The van der Waals surface area contributed by atoms with E-state index >= 15 is 0 Å². The molecule has 1 N–H and O–H groups in total. The molecule has 0 amide bonds. The highest BCUT2D eigenvalue weighted by atomic mass is 16.6. The van der Waals surface area contributed by atoms with E-state index in [1.165, 1.54) is 13.8 Å². The Morgan fingerprint density at radius 2 is 1.79 bits per heavy atom. The van der Waals surface area contributed by atoms with Crippen molar-refractivity contribution >= 4 is 23.5 Å². The summed E-state index contributed by atoms with van der Waals surface area (Å²) in [6.07, 6.45) is 6.24. The molecule has 4 aliphatic rings. The zero-order chi connectivity index (χ0) is 25.2. The third kappa shape index (κ3) is 3.34. The van der Waals surface area contributed by atoms with Crippen LogP contribution in [0.2, 0.25) is 0 Å². The molecule has 186 valence electrons. The maximum Gasteiger partial charge on any atom is 0.303 e. The minimum Gasteiger partial charge on any atom is -0.458 e. The van der Waals surface area contributed by atoms with Gasteiger partial charge in [-0.15, -0.1) is 0 Å². The van der Waals surface area contributed by atoms with Gasteiger partial charge < -0.3 is 14.6 Å². The van der Waals surface area contributed by atoms with Gasteiger partial charge in [0.1, 0.15) is 0 Å². The van der Waals surface area contributed by atoms with Gasteiger partial charge in [0, 0.05) is 36.5 Å². The number of hydrogen-bond donors (Lipinski definition) is 1. The van der Waals surface area contributed by atoms with Gasteiger partial charge >= 0.3 is 11.9 Å². The average Bonchev–Trinajstić information content (AvgIpc) is 2.94. The summed E-state index contributed by atoms with van der Waals surface area (Å²) >= 11 is 0. The van der Waals surface area contributed by atoms with Gasteiger partial charge in [0.2, 0.25) is 5.78 Å². The lowest BCUT2D eigenvalue weighted by Crippen LogP contribution is -2.64. The molecule has 7 nitrogen and oxygen atoms in total. The van der Waals surface area contributed by atoms with Gasteiger partial charge in [-0.05, 0) is 49.2 Å². The van der Waals surface area contributed by atoms with E-state index in [9.17, 15) is 24.3 Å². The molecule has 0 spiro atoms. The largest absolute Gasteiger partial charge is 0.458 e. The number of hydrogen-bond acceptors (Lipinski definition) is 7. The van der Waals surface area contributed by atoms with E-state index in [0.29, 0.717) is 6.42 Å². The van der Waals surface area contributed by atoms with E-state index in [0.717, 1.165) is 12.0 Å². The fourth-order valence-electron chi connectivity index (χ4n) is 8.44. The molecule has 3 saturated carbocycles. The van der Waals surface area contributed by atoms with Crippen molar-refractivity contribution in [1.29, 1.82) is 0 Å². The predicted octanol–water partition coefficient (Wildman–Crippen LogP) is 3.19. The minimum atomic E-state index is -1.48. The number of aliphatic hydroxyl groups is 1. The van der Waals surface area contributed by atoms with Crippen molar-refractivity contribution in [3.63, 3.8) is 0 Å². The number of esters is 2. The average molecular weight is 473 g/mol. The number of ether oxygens (including phenoxy) is 2. The van der Waals surface area contributed by atoms with Crippen LogP contribution in [-0.4, -0.2) is 46.9 Å². The number of rotatable bonds is 4. The van der Waals surface area contributed by atoms with E-state index in [-0.39, 0.29) is 41.8 Å². The molecule has 0 heterocycles. The summed E-state index contributed by atoms with van der Waals surface area (Å²) in [5.74, 6) is -1.77. The van der Waals surface area contributed by atoms with Crippen molar-refractivity contribution < 1.29 is 33.8 Å². The number of Topliss-reactive ketones (excluding diaryl/α,β-unsaturated/α-hetero) is 1. The Morgan fingerprint density at radius 3 is 2.41 bits per heavy atom. The van der Waals surface area contributed by atoms with Crippen molar-refractivity contribution in [1.82, 2.24) is 0 Å². The Bertz CT molecular complexity index is 995. The first-order valence-corrected chi connectivity index (χ1v) is 12.3. The van der Waals surface area contributed by atoms with Gasteiger partial charge in [0.15, 0.2) is 18.0 Å². The van der Waals surface area contributed by atoms with Crippen LogP contribution >= 0.6 is 0 Å². The highest BCUT2D eigenvalue weighted by molar-refractivity contribution is 6.01. The maximum absolute atomic E-state index is 13.6. The van der Waals surface area contributed by atoms with Crippen LogP contribution in [0.1, 0.15) is 60.8 Å². The Labute approximate surface area is 200 Å². The predicted molar refractivity (Wildman–Crippen MR) is 123 cm³/mol. The van der Waals surface area contributed by atoms with Crippen LogP contribution in [-0.2, 0) is 28.7 Å². The fraction of sp³-hybridized carbons (Fsp3) is 0.704. The summed E-state index contributed by atoms with van der Waals surface area (Å²) in [5, 5.41) is 11.6. The molecule has 0 aromatic rings. The molecule has 0 aromatic carbocycles. The molecule has 3 fully saturated rings. The van der Waals surface area contributed by atoms with E-state index in [4.69, 9.17) is 9.47 Å². The fourth-order valence-corrected chi connectivity index (χ4v) is 8.44. The molecule has 0 saturated heterocycles. The summed E-state index contributed by atoms with van der Waals surface area (Å²) in [4.78, 5) is 49.5. The van der Waals surface area contributed by atoms with Crippen molar-refractivity contribution in [2.75, 3.05) is 6.61 Å². The molecule has 0 radical (unpaired) electrons. The topological polar surface area (TPSA) is 107 Å². The van der Waals surface area contributed by atoms with Crippen molar-refractivity contribution in [2.45, 2.75) is 72.5 Å². The summed E-state index contributed by atoms with van der Waals surface area (Å²) in [6.45, 7) is 10.1. The second-order valence-electron chi connectivity index (χ2n) is 11.4.